The van der Waals surface area contributed by atoms with E-state index in [1.807, 2.05) is 6.07 Å². The van der Waals surface area contributed by atoms with Crippen LogP contribution in [0, 0.1) is 18.6 Å². The SMILES string of the molecule is Cc1nc(-c2ccccn2)cc2nn(CC(=O)Nc3ccc(F)cc3F)c(=O)n12. The summed E-state index contributed by atoms with van der Waals surface area (Å²) in [6, 6.07) is 9.72. The molecule has 0 spiro atoms. The van der Waals surface area contributed by atoms with Gasteiger partial charge in [-0.1, -0.05) is 6.07 Å². The molecule has 0 saturated carbocycles. The number of nitrogens with zero attached hydrogens (tertiary/aromatic N) is 5. The van der Waals surface area contributed by atoms with Gasteiger partial charge in [0.25, 0.3) is 0 Å². The number of carbonyl (C=O) groups is 1. The molecule has 0 aliphatic heterocycles. The third-order valence-electron chi connectivity index (χ3n) is 4.16. The zero-order valence-corrected chi connectivity index (χ0v) is 15.1. The van der Waals surface area contributed by atoms with E-state index in [0.717, 1.165) is 16.8 Å². The minimum absolute atomic E-state index is 0.191. The van der Waals surface area contributed by atoms with Gasteiger partial charge in [-0.2, -0.15) is 0 Å². The van der Waals surface area contributed by atoms with E-state index in [1.165, 1.54) is 4.40 Å². The summed E-state index contributed by atoms with van der Waals surface area (Å²) in [6.07, 6.45) is 1.63. The van der Waals surface area contributed by atoms with Crippen LogP contribution < -0.4 is 11.0 Å². The van der Waals surface area contributed by atoms with Gasteiger partial charge in [0, 0.05) is 18.3 Å². The molecule has 3 heterocycles. The number of anilines is 1. The number of hydrogen-bond donors (Lipinski definition) is 1. The predicted octanol–water partition coefficient (Wildman–Crippen LogP) is 2.18. The van der Waals surface area contributed by atoms with E-state index in [9.17, 15) is 18.4 Å². The molecule has 0 radical (unpaired) electrons. The molecule has 10 heteroatoms. The molecule has 146 valence electrons. The Morgan fingerprint density at radius 2 is 1.97 bits per heavy atom. The lowest BCUT2D eigenvalue weighted by atomic mass is 10.2. The summed E-state index contributed by atoms with van der Waals surface area (Å²) >= 11 is 0. The van der Waals surface area contributed by atoms with Gasteiger partial charge in [-0.05, 0) is 31.2 Å². The summed E-state index contributed by atoms with van der Waals surface area (Å²) in [7, 11) is 0. The van der Waals surface area contributed by atoms with Crippen LogP contribution in [-0.4, -0.2) is 30.1 Å². The van der Waals surface area contributed by atoms with Crippen molar-refractivity contribution < 1.29 is 13.6 Å². The van der Waals surface area contributed by atoms with Gasteiger partial charge >= 0.3 is 5.69 Å². The van der Waals surface area contributed by atoms with Crippen molar-refractivity contribution in [3.8, 4) is 11.4 Å². The van der Waals surface area contributed by atoms with Crippen molar-refractivity contribution in [3.05, 3.63) is 76.6 Å². The molecular formula is C19H14F2N6O2. The first-order chi connectivity index (χ1) is 13.9. The second-order valence-corrected chi connectivity index (χ2v) is 6.21. The summed E-state index contributed by atoms with van der Waals surface area (Å²) in [6.45, 7) is 1.19. The summed E-state index contributed by atoms with van der Waals surface area (Å²) < 4.78 is 28.9. The molecule has 0 aliphatic carbocycles. The van der Waals surface area contributed by atoms with Gasteiger partial charge in [-0.15, -0.1) is 5.10 Å². The molecule has 1 amide bonds. The monoisotopic (exact) mass is 396 g/mol. The highest BCUT2D eigenvalue weighted by molar-refractivity contribution is 5.90. The second-order valence-electron chi connectivity index (χ2n) is 6.21. The summed E-state index contributed by atoms with van der Waals surface area (Å²) in [5.74, 6) is -1.98. The Balaban J connectivity index is 1.64. The van der Waals surface area contributed by atoms with E-state index >= 15 is 0 Å². The lowest BCUT2D eigenvalue weighted by Crippen LogP contribution is -2.29. The van der Waals surface area contributed by atoms with Crippen molar-refractivity contribution in [3.63, 3.8) is 0 Å². The van der Waals surface area contributed by atoms with Crippen molar-refractivity contribution in [1.82, 2.24) is 24.1 Å². The lowest BCUT2D eigenvalue weighted by molar-refractivity contribution is -0.117. The number of nitrogens with one attached hydrogen (secondary N) is 1. The van der Waals surface area contributed by atoms with Crippen LogP contribution >= 0.6 is 0 Å². The highest BCUT2D eigenvalue weighted by Crippen LogP contribution is 2.16. The number of halogens is 2. The van der Waals surface area contributed by atoms with Gasteiger partial charge in [0.05, 0.1) is 17.1 Å². The molecule has 0 unspecified atom stereocenters. The summed E-state index contributed by atoms with van der Waals surface area (Å²) in [5.41, 5.74) is 0.690. The standard InChI is InChI=1S/C19H14F2N6O2/c1-11-23-16(15-4-2-3-7-22-15)9-17-25-26(19(29)27(11)17)10-18(28)24-14-6-5-12(20)8-13(14)21/h2-9H,10H2,1H3,(H,24,28). The largest absolute Gasteiger partial charge is 0.352 e. The molecule has 29 heavy (non-hydrogen) atoms. The minimum Gasteiger partial charge on any atom is -0.322 e. The Hall–Kier alpha value is -3.95. The van der Waals surface area contributed by atoms with E-state index < -0.39 is 29.8 Å². The molecule has 4 aromatic rings. The maximum Gasteiger partial charge on any atom is 0.352 e. The number of aromatic nitrogens is 5. The highest BCUT2D eigenvalue weighted by Gasteiger charge is 2.16. The van der Waals surface area contributed by atoms with Crippen molar-refractivity contribution in [1.29, 1.82) is 0 Å². The normalized spacial score (nSPS) is 11.0. The average molecular weight is 396 g/mol. The Morgan fingerprint density at radius 3 is 2.69 bits per heavy atom. The average Bonchev–Trinajstić information content (AvgIpc) is 3.00. The molecule has 8 nitrogen and oxygen atoms in total. The number of pyridine rings is 1. The Kier molecular flexibility index (Phi) is 4.59. The Bertz CT molecular complexity index is 1280. The van der Waals surface area contributed by atoms with Gasteiger partial charge in [-0.3, -0.25) is 9.78 Å². The van der Waals surface area contributed by atoms with Gasteiger partial charge < -0.3 is 5.32 Å². The first-order valence-electron chi connectivity index (χ1n) is 8.56. The molecule has 0 bridgehead atoms. The van der Waals surface area contributed by atoms with E-state index in [-0.39, 0.29) is 5.69 Å². The maximum absolute atomic E-state index is 13.7. The van der Waals surface area contributed by atoms with Crippen LogP contribution in [0.5, 0.6) is 0 Å². The molecular weight excluding hydrogens is 382 g/mol. The molecule has 1 aromatic carbocycles. The van der Waals surface area contributed by atoms with Crippen LogP contribution in [0.25, 0.3) is 17.0 Å². The number of aryl methyl sites for hydroxylation is 1. The highest BCUT2D eigenvalue weighted by atomic mass is 19.1. The number of carbonyl (C=O) groups excluding carboxylic acids is 1. The molecule has 3 aromatic heterocycles. The van der Waals surface area contributed by atoms with Gasteiger partial charge in [0.2, 0.25) is 5.91 Å². The number of fused-ring (bicyclic) bond motifs is 1. The van der Waals surface area contributed by atoms with E-state index in [0.29, 0.717) is 28.9 Å². The zero-order chi connectivity index (χ0) is 20.5. The third-order valence-corrected chi connectivity index (χ3v) is 4.16. The Labute approximate surface area is 162 Å². The molecule has 0 atom stereocenters. The maximum atomic E-state index is 13.7. The van der Waals surface area contributed by atoms with Crippen LogP contribution in [0.1, 0.15) is 5.82 Å². The van der Waals surface area contributed by atoms with Gasteiger partial charge in [0.1, 0.15) is 24.0 Å². The number of hydrogen-bond acceptors (Lipinski definition) is 5. The van der Waals surface area contributed by atoms with E-state index in [2.05, 4.69) is 20.4 Å². The van der Waals surface area contributed by atoms with E-state index in [1.54, 1.807) is 31.3 Å². The van der Waals surface area contributed by atoms with Gasteiger partial charge in [-0.25, -0.2) is 27.6 Å². The Morgan fingerprint density at radius 1 is 1.14 bits per heavy atom. The fourth-order valence-electron chi connectivity index (χ4n) is 2.87. The molecule has 0 aliphatic rings. The second kappa shape index (κ2) is 7.23. The minimum atomic E-state index is -0.916. The smallest absolute Gasteiger partial charge is 0.322 e. The van der Waals surface area contributed by atoms with Crippen molar-refractivity contribution in [2.24, 2.45) is 0 Å². The van der Waals surface area contributed by atoms with Gasteiger partial charge in [0.15, 0.2) is 5.65 Å². The van der Waals surface area contributed by atoms with Crippen LogP contribution in [0.4, 0.5) is 14.5 Å². The number of amides is 1. The van der Waals surface area contributed by atoms with Crippen LogP contribution in [0.3, 0.4) is 0 Å². The van der Waals surface area contributed by atoms with Crippen LogP contribution in [-0.2, 0) is 11.3 Å². The van der Waals surface area contributed by atoms with Crippen molar-refractivity contribution in [2.45, 2.75) is 13.5 Å². The first-order valence-corrected chi connectivity index (χ1v) is 8.56. The fourth-order valence-corrected chi connectivity index (χ4v) is 2.87. The van der Waals surface area contributed by atoms with Crippen molar-refractivity contribution >= 4 is 17.2 Å². The summed E-state index contributed by atoms with van der Waals surface area (Å²) in [5, 5.41) is 6.46. The van der Waals surface area contributed by atoms with Crippen LogP contribution in [0.15, 0.2) is 53.5 Å². The van der Waals surface area contributed by atoms with Crippen molar-refractivity contribution in [2.75, 3.05) is 5.32 Å². The number of rotatable bonds is 4. The molecule has 0 saturated heterocycles. The molecule has 1 N–H and O–H groups in total. The quantitative estimate of drug-likeness (QED) is 0.571. The molecule has 0 fully saturated rings. The predicted molar refractivity (Wildman–Crippen MR) is 100 cm³/mol. The lowest BCUT2D eigenvalue weighted by Gasteiger charge is -2.05. The number of benzene rings is 1. The van der Waals surface area contributed by atoms with E-state index in [4.69, 9.17) is 0 Å². The zero-order valence-electron chi connectivity index (χ0n) is 15.1. The molecule has 4 rings (SSSR count). The fraction of sp³-hybridized carbons (Fsp3) is 0.105. The summed E-state index contributed by atoms with van der Waals surface area (Å²) in [4.78, 5) is 33.4. The topological polar surface area (TPSA) is 94.2 Å². The van der Waals surface area contributed by atoms with Crippen LogP contribution in [0.2, 0.25) is 0 Å². The first kappa shape index (κ1) is 18.4. The third kappa shape index (κ3) is 3.59.